The van der Waals surface area contributed by atoms with Gasteiger partial charge in [0.2, 0.25) is 0 Å². The summed E-state index contributed by atoms with van der Waals surface area (Å²) in [4.78, 5) is 0. The van der Waals surface area contributed by atoms with Gasteiger partial charge in [0.1, 0.15) is 0 Å². The molecule has 1 aliphatic carbocycles. The predicted molar refractivity (Wildman–Crippen MR) is 73.3 cm³/mol. The monoisotopic (exact) mass is 242 g/mol. The van der Waals surface area contributed by atoms with Crippen molar-refractivity contribution in [1.29, 1.82) is 0 Å². The highest BCUT2D eigenvalue weighted by Crippen LogP contribution is 2.41. The number of hydrogen-bond donors (Lipinski definition) is 2. The molecule has 1 saturated carbocycles. The maximum absolute atomic E-state index is 6.04. The maximum Gasteiger partial charge on any atom is 0.0950 e. The molecule has 94 valence electrons. The van der Waals surface area contributed by atoms with E-state index >= 15 is 0 Å². The maximum atomic E-state index is 6.04. The average molecular weight is 242 g/mol. The van der Waals surface area contributed by atoms with Crippen LogP contribution in [0.15, 0.2) is 30.5 Å². The molecule has 1 aromatic carbocycles. The lowest BCUT2D eigenvalue weighted by Gasteiger charge is -2.51. The quantitative estimate of drug-likeness (QED) is 0.847. The molecule has 2 aromatic rings. The SMILES string of the molecule is CC1(C)C(N)CC1Nc1cnnc2ccccc12. The van der Waals surface area contributed by atoms with Crippen molar-refractivity contribution in [2.45, 2.75) is 32.4 Å². The zero-order valence-corrected chi connectivity index (χ0v) is 10.7. The normalized spacial score (nSPS) is 25.7. The molecule has 18 heavy (non-hydrogen) atoms. The Labute approximate surface area is 107 Å². The largest absolute Gasteiger partial charge is 0.380 e. The number of fused-ring (bicyclic) bond motifs is 1. The Hall–Kier alpha value is -1.68. The van der Waals surface area contributed by atoms with Crippen LogP contribution >= 0.6 is 0 Å². The van der Waals surface area contributed by atoms with E-state index in [4.69, 9.17) is 5.73 Å². The minimum absolute atomic E-state index is 0.129. The van der Waals surface area contributed by atoms with E-state index in [1.54, 1.807) is 6.20 Å². The Bertz CT molecular complexity index is 574. The number of nitrogens with one attached hydrogen (secondary N) is 1. The molecular formula is C14H18N4. The summed E-state index contributed by atoms with van der Waals surface area (Å²) in [6.07, 6.45) is 2.80. The summed E-state index contributed by atoms with van der Waals surface area (Å²) < 4.78 is 0. The van der Waals surface area contributed by atoms with Crippen molar-refractivity contribution >= 4 is 16.6 Å². The molecule has 0 amide bonds. The Morgan fingerprint density at radius 2 is 2.11 bits per heavy atom. The lowest BCUT2D eigenvalue weighted by Crippen LogP contribution is -2.61. The molecule has 2 atom stereocenters. The fraction of sp³-hybridized carbons (Fsp3) is 0.429. The van der Waals surface area contributed by atoms with Crippen molar-refractivity contribution < 1.29 is 0 Å². The minimum Gasteiger partial charge on any atom is -0.380 e. The van der Waals surface area contributed by atoms with Crippen molar-refractivity contribution in [3.05, 3.63) is 30.5 Å². The lowest BCUT2D eigenvalue weighted by molar-refractivity contribution is 0.117. The molecule has 3 N–H and O–H groups in total. The third kappa shape index (κ3) is 1.64. The zero-order valence-electron chi connectivity index (χ0n) is 10.7. The highest BCUT2D eigenvalue weighted by atomic mass is 15.1. The molecule has 4 heteroatoms. The van der Waals surface area contributed by atoms with E-state index in [1.807, 2.05) is 18.2 Å². The van der Waals surface area contributed by atoms with E-state index in [1.165, 1.54) is 0 Å². The molecule has 2 unspecified atom stereocenters. The molecule has 1 aliphatic rings. The topological polar surface area (TPSA) is 63.8 Å². The van der Waals surface area contributed by atoms with Crippen LogP contribution in [0.4, 0.5) is 5.69 Å². The number of aromatic nitrogens is 2. The van der Waals surface area contributed by atoms with Gasteiger partial charge in [0.25, 0.3) is 0 Å². The van der Waals surface area contributed by atoms with Gasteiger partial charge in [0.15, 0.2) is 0 Å². The van der Waals surface area contributed by atoms with Gasteiger partial charge in [-0.05, 0) is 12.5 Å². The summed E-state index contributed by atoms with van der Waals surface area (Å²) in [5.74, 6) is 0. The fourth-order valence-electron chi connectivity index (χ4n) is 2.51. The summed E-state index contributed by atoms with van der Waals surface area (Å²) in [5.41, 5.74) is 8.14. The second-order valence-electron chi connectivity index (χ2n) is 5.64. The number of benzene rings is 1. The second-order valence-corrected chi connectivity index (χ2v) is 5.64. The summed E-state index contributed by atoms with van der Waals surface area (Å²) in [6, 6.07) is 8.72. The van der Waals surface area contributed by atoms with E-state index in [0.717, 1.165) is 23.0 Å². The number of nitrogens with two attached hydrogens (primary N) is 1. The molecule has 3 rings (SSSR count). The molecule has 0 spiro atoms. The van der Waals surface area contributed by atoms with Crippen LogP contribution < -0.4 is 11.1 Å². The Morgan fingerprint density at radius 3 is 2.83 bits per heavy atom. The minimum atomic E-state index is 0.129. The van der Waals surface area contributed by atoms with Crippen LogP contribution in [0.25, 0.3) is 10.9 Å². The van der Waals surface area contributed by atoms with Gasteiger partial charge >= 0.3 is 0 Å². The van der Waals surface area contributed by atoms with Crippen molar-refractivity contribution in [3.63, 3.8) is 0 Å². The highest BCUT2D eigenvalue weighted by Gasteiger charge is 2.46. The first-order valence-electron chi connectivity index (χ1n) is 6.31. The molecular weight excluding hydrogens is 224 g/mol. The second kappa shape index (κ2) is 3.92. The van der Waals surface area contributed by atoms with Gasteiger partial charge in [0, 0.05) is 22.9 Å². The van der Waals surface area contributed by atoms with Crippen LogP contribution in [0.1, 0.15) is 20.3 Å². The lowest BCUT2D eigenvalue weighted by atomic mass is 9.63. The molecule has 1 fully saturated rings. The molecule has 0 aliphatic heterocycles. The van der Waals surface area contributed by atoms with E-state index < -0.39 is 0 Å². The number of anilines is 1. The summed E-state index contributed by atoms with van der Waals surface area (Å²) in [6.45, 7) is 4.41. The van der Waals surface area contributed by atoms with Crippen LogP contribution in [-0.2, 0) is 0 Å². The molecule has 1 heterocycles. The van der Waals surface area contributed by atoms with Crippen molar-refractivity contribution in [2.75, 3.05) is 5.32 Å². The first kappa shape index (κ1) is 11.4. The molecule has 4 nitrogen and oxygen atoms in total. The van der Waals surface area contributed by atoms with Gasteiger partial charge in [-0.2, -0.15) is 10.2 Å². The predicted octanol–water partition coefficient (Wildman–Crippen LogP) is 2.17. The standard InChI is InChI=1S/C14H18N4/c1-14(2)12(15)7-13(14)17-11-8-16-18-10-6-4-3-5-9(10)11/h3-6,8,12-13H,7,15H2,1-2H3,(H,17,18). The Balaban J connectivity index is 1.92. The third-order valence-corrected chi connectivity index (χ3v) is 4.22. The average Bonchev–Trinajstić information content (AvgIpc) is 2.39. The summed E-state index contributed by atoms with van der Waals surface area (Å²) >= 11 is 0. The number of nitrogens with zero attached hydrogens (tertiary/aromatic N) is 2. The first-order chi connectivity index (χ1) is 8.59. The first-order valence-corrected chi connectivity index (χ1v) is 6.31. The number of hydrogen-bond acceptors (Lipinski definition) is 4. The number of rotatable bonds is 2. The van der Waals surface area contributed by atoms with Crippen LogP contribution in [-0.4, -0.2) is 22.3 Å². The Morgan fingerprint density at radius 1 is 1.33 bits per heavy atom. The van der Waals surface area contributed by atoms with Gasteiger partial charge in [0.05, 0.1) is 17.4 Å². The molecule has 0 bridgehead atoms. The summed E-state index contributed by atoms with van der Waals surface area (Å²) in [5, 5.41) is 12.9. The van der Waals surface area contributed by atoms with Gasteiger partial charge < -0.3 is 11.1 Å². The molecule has 0 saturated heterocycles. The van der Waals surface area contributed by atoms with Crippen LogP contribution in [0.3, 0.4) is 0 Å². The highest BCUT2D eigenvalue weighted by molar-refractivity contribution is 5.90. The third-order valence-electron chi connectivity index (χ3n) is 4.22. The molecule has 1 aromatic heterocycles. The van der Waals surface area contributed by atoms with Crippen LogP contribution in [0, 0.1) is 5.41 Å². The van der Waals surface area contributed by atoms with E-state index in [9.17, 15) is 0 Å². The van der Waals surface area contributed by atoms with Crippen molar-refractivity contribution in [3.8, 4) is 0 Å². The summed E-state index contributed by atoms with van der Waals surface area (Å²) in [7, 11) is 0. The molecule has 0 radical (unpaired) electrons. The van der Waals surface area contributed by atoms with E-state index in [-0.39, 0.29) is 11.5 Å². The Kier molecular flexibility index (Phi) is 2.48. The van der Waals surface area contributed by atoms with Gasteiger partial charge in [-0.15, -0.1) is 0 Å². The van der Waals surface area contributed by atoms with Crippen LogP contribution in [0.2, 0.25) is 0 Å². The van der Waals surface area contributed by atoms with Gasteiger partial charge in [-0.25, -0.2) is 0 Å². The van der Waals surface area contributed by atoms with Crippen molar-refractivity contribution in [2.24, 2.45) is 11.1 Å². The zero-order chi connectivity index (χ0) is 12.8. The fourth-order valence-corrected chi connectivity index (χ4v) is 2.51. The van der Waals surface area contributed by atoms with Gasteiger partial charge in [-0.1, -0.05) is 32.0 Å². The van der Waals surface area contributed by atoms with E-state index in [2.05, 4.69) is 35.4 Å². The van der Waals surface area contributed by atoms with E-state index in [0.29, 0.717) is 6.04 Å². The van der Waals surface area contributed by atoms with Crippen LogP contribution in [0.5, 0.6) is 0 Å². The van der Waals surface area contributed by atoms with Crippen molar-refractivity contribution in [1.82, 2.24) is 10.2 Å². The van der Waals surface area contributed by atoms with Gasteiger partial charge in [-0.3, -0.25) is 0 Å². The smallest absolute Gasteiger partial charge is 0.0950 e.